The summed E-state index contributed by atoms with van der Waals surface area (Å²) in [6.07, 6.45) is 11.6. The van der Waals surface area contributed by atoms with Gasteiger partial charge in [0, 0.05) is 5.92 Å². The standard InChI is InChI=1S/C25H36/c1-8-14-25(6,7)17-24-22-13-12-20(11-10-19(5)9-2)15-21(22)16-23(24)18(3)4/h10-13,15-16,18,24H,5,8-9,14,17H2,1-4,6-7H3/b11-10+. The fourth-order valence-electron chi connectivity index (χ4n) is 4.06. The van der Waals surface area contributed by atoms with Crippen molar-refractivity contribution in [2.75, 3.05) is 0 Å². The molecule has 1 unspecified atom stereocenters. The summed E-state index contributed by atoms with van der Waals surface area (Å²) in [5, 5.41) is 0. The zero-order valence-corrected chi connectivity index (χ0v) is 17.2. The monoisotopic (exact) mass is 336 g/mol. The van der Waals surface area contributed by atoms with Crippen molar-refractivity contribution >= 4 is 12.2 Å². The Kier molecular flexibility index (Phi) is 6.49. The van der Waals surface area contributed by atoms with Gasteiger partial charge in [-0.25, -0.2) is 0 Å². The van der Waals surface area contributed by atoms with Crippen molar-refractivity contribution in [2.24, 2.45) is 11.3 Å². The predicted molar refractivity (Wildman–Crippen MR) is 114 cm³/mol. The second-order valence-electron chi connectivity index (χ2n) is 8.70. The highest BCUT2D eigenvalue weighted by molar-refractivity contribution is 5.70. The van der Waals surface area contributed by atoms with E-state index in [0.29, 0.717) is 17.3 Å². The fourth-order valence-corrected chi connectivity index (χ4v) is 4.06. The molecular formula is C25H36. The van der Waals surface area contributed by atoms with Crippen LogP contribution in [0.3, 0.4) is 0 Å². The van der Waals surface area contributed by atoms with Crippen LogP contribution >= 0.6 is 0 Å². The van der Waals surface area contributed by atoms with Crippen molar-refractivity contribution in [2.45, 2.75) is 73.1 Å². The van der Waals surface area contributed by atoms with Gasteiger partial charge in [-0.3, -0.25) is 0 Å². The van der Waals surface area contributed by atoms with Gasteiger partial charge in [0.2, 0.25) is 0 Å². The molecule has 1 aliphatic carbocycles. The first kappa shape index (κ1) is 19.8. The SMILES string of the molecule is C=C(/C=C/c1ccc2c(c1)C=C(C(C)C)C2CC(C)(C)CCC)CC. The van der Waals surface area contributed by atoms with Crippen LogP contribution < -0.4 is 0 Å². The maximum absolute atomic E-state index is 4.07. The van der Waals surface area contributed by atoms with E-state index in [0.717, 1.165) is 6.42 Å². The van der Waals surface area contributed by atoms with Gasteiger partial charge in [0.25, 0.3) is 0 Å². The van der Waals surface area contributed by atoms with Gasteiger partial charge in [-0.2, -0.15) is 0 Å². The van der Waals surface area contributed by atoms with E-state index in [-0.39, 0.29) is 0 Å². The van der Waals surface area contributed by atoms with Gasteiger partial charge < -0.3 is 0 Å². The van der Waals surface area contributed by atoms with E-state index >= 15 is 0 Å². The normalized spacial score (nSPS) is 17.2. The molecule has 0 radical (unpaired) electrons. The van der Waals surface area contributed by atoms with Crippen LogP contribution in [-0.2, 0) is 0 Å². The topological polar surface area (TPSA) is 0 Å². The Morgan fingerprint density at radius 3 is 2.56 bits per heavy atom. The number of allylic oxidation sites excluding steroid dienone is 3. The van der Waals surface area contributed by atoms with Crippen LogP contribution in [0.25, 0.3) is 12.2 Å². The minimum Gasteiger partial charge on any atom is -0.0958 e. The molecule has 1 aromatic rings. The van der Waals surface area contributed by atoms with E-state index in [9.17, 15) is 0 Å². The van der Waals surface area contributed by atoms with E-state index in [1.54, 1.807) is 5.57 Å². The molecule has 1 atom stereocenters. The van der Waals surface area contributed by atoms with Gasteiger partial charge in [-0.15, -0.1) is 0 Å². The van der Waals surface area contributed by atoms with E-state index in [1.807, 2.05) is 0 Å². The maximum Gasteiger partial charge on any atom is 0.00650 e. The molecule has 0 nitrogen and oxygen atoms in total. The van der Waals surface area contributed by atoms with Gasteiger partial charge >= 0.3 is 0 Å². The lowest BCUT2D eigenvalue weighted by Crippen LogP contribution is -2.17. The lowest BCUT2D eigenvalue weighted by atomic mass is 9.74. The highest BCUT2D eigenvalue weighted by atomic mass is 14.4. The maximum atomic E-state index is 4.07. The third-order valence-corrected chi connectivity index (χ3v) is 5.53. The number of rotatable bonds is 8. The Labute approximate surface area is 155 Å². The van der Waals surface area contributed by atoms with Crippen LogP contribution in [0.2, 0.25) is 0 Å². The Hall–Kier alpha value is -1.56. The van der Waals surface area contributed by atoms with Gasteiger partial charge in [0.15, 0.2) is 0 Å². The first-order chi connectivity index (χ1) is 11.8. The van der Waals surface area contributed by atoms with Crippen LogP contribution in [0.4, 0.5) is 0 Å². The largest absolute Gasteiger partial charge is 0.0958 e. The van der Waals surface area contributed by atoms with Gasteiger partial charge in [0.05, 0.1) is 0 Å². The van der Waals surface area contributed by atoms with Gasteiger partial charge in [-0.05, 0) is 53.4 Å². The van der Waals surface area contributed by atoms with E-state index in [2.05, 4.69) is 84.5 Å². The van der Waals surface area contributed by atoms with Crippen molar-refractivity contribution in [3.63, 3.8) is 0 Å². The lowest BCUT2D eigenvalue weighted by molar-refractivity contribution is 0.286. The van der Waals surface area contributed by atoms with E-state index in [1.165, 1.54) is 41.5 Å². The molecule has 0 aliphatic heterocycles. The van der Waals surface area contributed by atoms with Gasteiger partial charge in [-0.1, -0.05) is 96.0 Å². The van der Waals surface area contributed by atoms with Crippen molar-refractivity contribution in [1.82, 2.24) is 0 Å². The molecule has 1 aromatic carbocycles. The molecular weight excluding hydrogens is 300 g/mol. The third-order valence-electron chi connectivity index (χ3n) is 5.53. The minimum atomic E-state index is 0.395. The molecule has 136 valence electrons. The van der Waals surface area contributed by atoms with Crippen molar-refractivity contribution in [3.05, 3.63) is 58.7 Å². The molecule has 0 N–H and O–H groups in total. The summed E-state index contributed by atoms with van der Waals surface area (Å²) in [6, 6.07) is 6.99. The van der Waals surface area contributed by atoms with Gasteiger partial charge in [0.1, 0.15) is 0 Å². The van der Waals surface area contributed by atoms with Crippen molar-refractivity contribution < 1.29 is 0 Å². The molecule has 1 aliphatic rings. The molecule has 25 heavy (non-hydrogen) atoms. The lowest BCUT2D eigenvalue weighted by Gasteiger charge is -2.31. The van der Waals surface area contributed by atoms with Crippen LogP contribution in [0.15, 0.2) is 42.0 Å². The Bertz CT molecular complexity index is 667. The molecule has 0 saturated carbocycles. The molecule has 0 aromatic heterocycles. The zero-order chi connectivity index (χ0) is 18.6. The Morgan fingerprint density at radius 2 is 1.96 bits per heavy atom. The first-order valence-corrected chi connectivity index (χ1v) is 9.98. The van der Waals surface area contributed by atoms with Crippen molar-refractivity contribution in [1.29, 1.82) is 0 Å². The van der Waals surface area contributed by atoms with Crippen LogP contribution in [-0.4, -0.2) is 0 Å². The number of fused-ring (bicyclic) bond motifs is 1. The highest BCUT2D eigenvalue weighted by Crippen LogP contribution is 2.47. The van der Waals surface area contributed by atoms with E-state index in [4.69, 9.17) is 0 Å². The molecule has 0 heteroatoms. The summed E-state index contributed by atoms with van der Waals surface area (Å²) in [7, 11) is 0. The second kappa shape index (κ2) is 8.21. The van der Waals surface area contributed by atoms with Crippen LogP contribution in [0.5, 0.6) is 0 Å². The summed E-state index contributed by atoms with van der Waals surface area (Å²) in [5.74, 6) is 1.19. The van der Waals surface area contributed by atoms with Crippen LogP contribution in [0, 0.1) is 11.3 Å². The summed E-state index contributed by atoms with van der Waals surface area (Å²) in [6.45, 7) is 18.0. The zero-order valence-electron chi connectivity index (χ0n) is 17.2. The summed E-state index contributed by atoms with van der Waals surface area (Å²) in [4.78, 5) is 0. The Morgan fingerprint density at radius 1 is 1.24 bits per heavy atom. The predicted octanol–water partition coefficient (Wildman–Crippen LogP) is 8.02. The molecule has 0 spiro atoms. The first-order valence-electron chi connectivity index (χ1n) is 9.98. The van der Waals surface area contributed by atoms with E-state index < -0.39 is 0 Å². The molecule has 2 rings (SSSR count). The average Bonchev–Trinajstić information content (AvgIpc) is 2.90. The fraction of sp³-hybridized carbons (Fsp3) is 0.520. The number of benzene rings is 1. The molecule has 0 fully saturated rings. The van der Waals surface area contributed by atoms with Crippen molar-refractivity contribution in [3.8, 4) is 0 Å². The quantitative estimate of drug-likeness (QED) is 0.421. The third kappa shape index (κ3) is 4.97. The molecule has 0 saturated heterocycles. The second-order valence-corrected chi connectivity index (χ2v) is 8.70. The smallest absolute Gasteiger partial charge is 0.00650 e. The summed E-state index contributed by atoms with van der Waals surface area (Å²) < 4.78 is 0. The number of hydrogen-bond acceptors (Lipinski definition) is 0. The average molecular weight is 337 g/mol. The molecule has 0 heterocycles. The Balaban J connectivity index is 2.32. The van der Waals surface area contributed by atoms with Crippen LogP contribution in [0.1, 0.15) is 89.8 Å². The summed E-state index contributed by atoms with van der Waals surface area (Å²) in [5.41, 5.74) is 7.41. The number of hydrogen-bond donors (Lipinski definition) is 0. The molecule has 0 amide bonds. The summed E-state index contributed by atoms with van der Waals surface area (Å²) >= 11 is 0. The highest BCUT2D eigenvalue weighted by Gasteiger charge is 2.31. The molecule has 0 bridgehead atoms. The minimum absolute atomic E-state index is 0.395.